The van der Waals surface area contributed by atoms with Gasteiger partial charge in [0.25, 0.3) is 0 Å². The Kier molecular flexibility index (Phi) is 18.0. The van der Waals surface area contributed by atoms with E-state index in [4.69, 9.17) is 9.84 Å². The molecule has 0 rings (SSSR count). The monoisotopic (exact) mass is 313 g/mol. The highest BCUT2D eigenvalue weighted by atomic mass is 16.5. The summed E-state index contributed by atoms with van der Waals surface area (Å²) in [6.07, 6.45) is 9.51. The summed E-state index contributed by atoms with van der Waals surface area (Å²) in [5.41, 5.74) is 5.09. The molecule has 0 aliphatic heterocycles. The Balaban J connectivity index is 0. The molecule has 0 bridgehead atoms. The summed E-state index contributed by atoms with van der Waals surface area (Å²) < 4.78 is 4.94. The number of aliphatic hydroxyl groups is 1. The minimum Gasteiger partial charge on any atom is -0.462 e. The molecule has 5 heteroatoms. The summed E-state index contributed by atoms with van der Waals surface area (Å²) in [6.45, 7) is 9.35. The maximum atomic E-state index is 11.4. The van der Waals surface area contributed by atoms with Crippen molar-refractivity contribution in [3.05, 3.63) is 24.8 Å². The molecule has 0 radical (unpaired) electrons. The first kappa shape index (κ1) is 22.7. The van der Waals surface area contributed by atoms with Crippen molar-refractivity contribution in [2.24, 2.45) is 5.73 Å². The fraction of sp³-hybridized carbons (Fsp3) is 0.647. The van der Waals surface area contributed by atoms with Crippen molar-refractivity contribution in [2.45, 2.75) is 58.3 Å². The minimum atomic E-state index is -0.481. The first-order chi connectivity index (χ1) is 10.5. The predicted molar refractivity (Wildman–Crippen MR) is 89.2 cm³/mol. The number of nitrogens with two attached hydrogens (primary N) is 1. The molecule has 128 valence electrons. The molecular formula is C17H31NO4. The number of carbonyl (C=O) groups is 2. The van der Waals surface area contributed by atoms with E-state index in [1.54, 1.807) is 0 Å². The average Bonchev–Trinajstić information content (AvgIpc) is 2.51. The topological polar surface area (TPSA) is 89.6 Å². The second-order valence-corrected chi connectivity index (χ2v) is 4.94. The van der Waals surface area contributed by atoms with Gasteiger partial charge in [0.05, 0.1) is 6.61 Å². The maximum Gasteiger partial charge on any atom is 0.333 e. The number of esters is 1. The van der Waals surface area contributed by atoms with E-state index in [2.05, 4.69) is 25.8 Å². The second-order valence-electron chi connectivity index (χ2n) is 4.94. The van der Waals surface area contributed by atoms with Gasteiger partial charge in [-0.2, -0.15) is 0 Å². The van der Waals surface area contributed by atoms with Crippen molar-refractivity contribution < 1.29 is 19.4 Å². The summed E-state index contributed by atoms with van der Waals surface area (Å²) in [4.78, 5) is 20.9. The molecule has 22 heavy (non-hydrogen) atoms. The maximum absolute atomic E-state index is 11.4. The van der Waals surface area contributed by atoms with Gasteiger partial charge < -0.3 is 15.6 Å². The van der Waals surface area contributed by atoms with Gasteiger partial charge in [0.15, 0.2) is 0 Å². The fourth-order valence-corrected chi connectivity index (χ4v) is 1.55. The molecule has 0 aliphatic carbocycles. The van der Waals surface area contributed by atoms with Crippen molar-refractivity contribution in [1.29, 1.82) is 0 Å². The highest BCUT2D eigenvalue weighted by molar-refractivity contribution is 5.87. The predicted octanol–water partition coefficient (Wildman–Crippen LogP) is 2.88. The lowest BCUT2D eigenvalue weighted by Crippen LogP contribution is -2.09. The number of hydrogen-bond acceptors (Lipinski definition) is 4. The molecule has 0 aliphatic rings. The van der Waals surface area contributed by atoms with Gasteiger partial charge in [-0.05, 0) is 18.9 Å². The molecule has 1 amide bonds. The third-order valence-electron chi connectivity index (χ3n) is 2.86. The van der Waals surface area contributed by atoms with Crippen LogP contribution in [0.2, 0.25) is 0 Å². The molecule has 0 spiro atoms. The lowest BCUT2D eigenvalue weighted by molar-refractivity contribution is -0.139. The summed E-state index contributed by atoms with van der Waals surface area (Å²) in [7, 11) is 0. The van der Waals surface area contributed by atoms with Crippen LogP contribution in [-0.2, 0) is 14.3 Å². The fourth-order valence-electron chi connectivity index (χ4n) is 1.55. The van der Waals surface area contributed by atoms with Gasteiger partial charge in [-0.1, -0.05) is 52.2 Å². The SMILES string of the molecule is C=C(CCCCCCCC)C(=O)OCCCO.C=CC(N)=O. The Bertz CT molecular complexity index is 327. The minimum absolute atomic E-state index is 0.0528. The third-order valence-corrected chi connectivity index (χ3v) is 2.86. The zero-order chi connectivity index (χ0) is 17.2. The van der Waals surface area contributed by atoms with E-state index in [0.29, 0.717) is 12.0 Å². The Morgan fingerprint density at radius 2 is 1.68 bits per heavy atom. The quantitative estimate of drug-likeness (QED) is 0.329. The van der Waals surface area contributed by atoms with Crippen molar-refractivity contribution in [3.8, 4) is 0 Å². The summed E-state index contributed by atoms with van der Waals surface area (Å²) in [5.74, 6) is -0.794. The molecule has 0 aromatic rings. The smallest absolute Gasteiger partial charge is 0.333 e. The number of primary amides is 1. The van der Waals surface area contributed by atoms with Crippen LogP contribution < -0.4 is 5.73 Å². The van der Waals surface area contributed by atoms with Crippen LogP contribution in [-0.4, -0.2) is 30.2 Å². The van der Waals surface area contributed by atoms with E-state index in [0.717, 1.165) is 25.3 Å². The van der Waals surface area contributed by atoms with Crippen LogP contribution in [0, 0.1) is 0 Å². The highest BCUT2D eigenvalue weighted by Crippen LogP contribution is 2.11. The number of carbonyl (C=O) groups excluding carboxylic acids is 2. The van der Waals surface area contributed by atoms with Crippen LogP contribution in [0.25, 0.3) is 0 Å². The Morgan fingerprint density at radius 3 is 2.18 bits per heavy atom. The molecule has 5 nitrogen and oxygen atoms in total. The summed E-state index contributed by atoms with van der Waals surface area (Å²) in [5, 5.41) is 8.55. The van der Waals surface area contributed by atoms with Gasteiger partial charge in [-0.25, -0.2) is 4.79 Å². The number of amides is 1. The van der Waals surface area contributed by atoms with E-state index < -0.39 is 5.91 Å². The van der Waals surface area contributed by atoms with Crippen LogP contribution in [0.1, 0.15) is 58.3 Å². The summed E-state index contributed by atoms with van der Waals surface area (Å²) in [6, 6.07) is 0. The van der Waals surface area contributed by atoms with Crippen LogP contribution in [0.15, 0.2) is 24.8 Å². The van der Waals surface area contributed by atoms with Crippen molar-refractivity contribution >= 4 is 11.9 Å². The van der Waals surface area contributed by atoms with Crippen molar-refractivity contribution in [1.82, 2.24) is 0 Å². The van der Waals surface area contributed by atoms with Crippen molar-refractivity contribution in [2.75, 3.05) is 13.2 Å². The largest absolute Gasteiger partial charge is 0.462 e. The molecule has 0 atom stereocenters. The molecule has 0 saturated carbocycles. The lowest BCUT2D eigenvalue weighted by Gasteiger charge is -2.06. The van der Waals surface area contributed by atoms with Crippen LogP contribution in [0.3, 0.4) is 0 Å². The number of hydrogen-bond donors (Lipinski definition) is 2. The van der Waals surface area contributed by atoms with Gasteiger partial charge in [0, 0.05) is 18.6 Å². The van der Waals surface area contributed by atoms with Gasteiger partial charge >= 0.3 is 5.97 Å². The standard InChI is InChI=1S/C14H26O3.C3H5NO/c1-3-4-5-6-7-8-10-13(2)14(16)17-12-9-11-15;1-2-3(4)5/h15H,2-12H2,1H3;2H,1H2,(H2,4,5). The van der Waals surface area contributed by atoms with Gasteiger partial charge in [0.1, 0.15) is 0 Å². The number of unbranched alkanes of at least 4 members (excludes halogenated alkanes) is 5. The van der Waals surface area contributed by atoms with Gasteiger partial charge in [-0.3, -0.25) is 4.79 Å². The molecule has 0 heterocycles. The normalized spacial score (nSPS) is 9.36. The van der Waals surface area contributed by atoms with E-state index >= 15 is 0 Å². The second kappa shape index (κ2) is 17.4. The molecular weight excluding hydrogens is 282 g/mol. The zero-order valence-electron chi connectivity index (χ0n) is 13.8. The van der Waals surface area contributed by atoms with Crippen LogP contribution >= 0.6 is 0 Å². The Morgan fingerprint density at radius 1 is 1.14 bits per heavy atom. The van der Waals surface area contributed by atoms with Crippen molar-refractivity contribution in [3.63, 3.8) is 0 Å². The lowest BCUT2D eigenvalue weighted by atomic mass is 10.1. The van der Waals surface area contributed by atoms with E-state index in [-0.39, 0.29) is 19.2 Å². The zero-order valence-corrected chi connectivity index (χ0v) is 13.8. The first-order valence-corrected chi connectivity index (χ1v) is 7.87. The molecule has 0 fully saturated rings. The average molecular weight is 313 g/mol. The molecule has 0 saturated heterocycles. The number of aliphatic hydroxyl groups excluding tert-OH is 1. The highest BCUT2D eigenvalue weighted by Gasteiger charge is 2.07. The van der Waals surface area contributed by atoms with E-state index in [9.17, 15) is 9.59 Å². The Labute approximate surface area is 134 Å². The molecule has 0 aromatic heterocycles. The molecule has 3 N–H and O–H groups in total. The molecule has 0 aromatic carbocycles. The first-order valence-electron chi connectivity index (χ1n) is 7.87. The third kappa shape index (κ3) is 18.4. The van der Waals surface area contributed by atoms with Crippen LogP contribution in [0.4, 0.5) is 0 Å². The molecule has 0 unspecified atom stereocenters. The Hall–Kier alpha value is -1.62. The van der Waals surface area contributed by atoms with Gasteiger partial charge in [-0.15, -0.1) is 0 Å². The number of rotatable bonds is 12. The van der Waals surface area contributed by atoms with Gasteiger partial charge in [0.2, 0.25) is 5.91 Å². The number of ether oxygens (including phenoxy) is 1. The van der Waals surface area contributed by atoms with Crippen LogP contribution in [0.5, 0.6) is 0 Å². The van der Waals surface area contributed by atoms with E-state index in [1.165, 1.54) is 25.7 Å². The van der Waals surface area contributed by atoms with E-state index in [1.807, 2.05) is 0 Å². The summed E-state index contributed by atoms with van der Waals surface area (Å²) >= 11 is 0.